The number of aliphatic hydroxyl groups is 1. The second kappa shape index (κ2) is 6.76. The van der Waals surface area contributed by atoms with Gasteiger partial charge in [0.15, 0.2) is 0 Å². The zero-order chi connectivity index (χ0) is 13.0. The zero-order valence-electron chi connectivity index (χ0n) is 10.3. The molecule has 1 atom stereocenters. The molecule has 0 amide bonds. The number of halogens is 2. The molecular formula is C14H19Cl2NO. The van der Waals surface area contributed by atoms with Gasteiger partial charge in [-0.25, -0.2) is 0 Å². The number of benzene rings is 1. The van der Waals surface area contributed by atoms with Gasteiger partial charge in [0.25, 0.3) is 0 Å². The lowest BCUT2D eigenvalue weighted by atomic mass is 9.94. The molecule has 1 fully saturated rings. The predicted octanol–water partition coefficient (Wildman–Crippen LogP) is 3.95. The fraction of sp³-hybridized carbons (Fsp3) is 0.571. The second-order valence-electron chi connectivity index (χ2n) is 4.90. The summed E-state index contributed by atoms with van der Waals surface area (Å²) in [5, 5.41) is 14.4. The molecule has 0 aliphatic heterocycles. The van der Waals surface area contributed by atoms with Gasteiger partial charge in [-0.2, -0.15) is 0 Å². The highest BCUT2D eigenvalue weighted by atomic mass is 35.5. The van der Waals surface area contributed by atoms with E-state index in [-0.39, 0.29) is 12.6 Å². The summed E-state index contributed by atoms with van der Waals surface area (Å²) >= 11 is 12.2. The van der Waals surface area contributed by atoms with Crippen molar-refractivity contribution in [3.8, 4) is 0 Å². The summed E-state index contributed by atoms with van der Waals surface area (Å²) in [6.07, 6.45) is 6.20. The van der Waals surface area contributed by atoms with E-state index in [4.69, 9.17) is 23.2 Å². The van der Waals surface area contributed by atoms with Crippen LogP contribution in [0.1, 0.15) is 43.7 Å². The van der Waals surface area contributed by atoms with Crippen LogP contribution in [0.3, 0.4) is 0 Å². The van der Waals surface area contributed by atoms with Crippen LogP contribution in [0.5, 0.6) is 0 Å². The summed E-state index contributed by atoms with van der Waals surface area (Å²) in [5.74, 6) is 0. The Hall–Kier alpha value is -0.280. The van der Waals surface area contributed by atoms with E-state index in [1.54, 1.807) is 12.1 Å². The Kier molecular flexibility index (Phi) is 5.31. The standard InChI is InChI=1S/C14H19Cl2NO/c15-10-6-7-13(16)12(8-10)14(9-18)17-11-4-2-1-3-5-11/h6-8,11,14,17-18H,1-5,9H2. The number of rotatable bonds is 4. The molecule has 1 aliphatic carbocycles. The molecule has 0 radical (unpaired) electrons. The molecule has 0 heterocycles. The van der Waals surface area contributed by atoms with Gasteiger partial charge in [-0.15, -0.1) is 0 Å². The van der Waals surface area contributed by atoms with Crippen LogP contribution in [0.2, 0.25) is 10.0 Å². The van der Waals surface area contributed by atoms with Crippen molar-refractivity contribution in [2.45, 2.75) is 44.2 Å². The molecule has 2 rings (SSSR count). The molecule has 0 bridgehead atoms. The summed E-state index contributed by atoms with van der Waals surface area (Å²) in [4.78, 5) is 0. The van der Waals surface area contributed by atoms with Crippen LogP contribution < -0.4 is 5.32 Å². The van der Waals surface area contributed by atoms with Crippen LogP contribution in [0.15, 0.2) is 18.2 Å². The van der Waals surface area contributed by atoms with Crippen molar-refractivity contribution in [2.75, 3.05) is 6.61 Å². The van der Waals surface area contributed by atoms with E-state index < -0.39 is 0 Å². The van der Waals surface area contributed by atoms with Crippen LogP contribution in [0, 0.1) is 0 Å². The zero-order valence-corrected chi connectivity index (χ0v) is 11.8. The first-order valence-electron chi connectivity index (χ1n) is 6.52. The highest BCUT2D eigenvalue weighted by Crippen LogP contribution is 2.28. The molecular weight excluding hydrogens is 269 g/mol. The van der Waals surface area contributed by atoms with Crippen LogP contribution in [-0.2, 0) is 0 Å². The van der Waals surface area contributed by atoms with Gasteiger partial charge in [-0.1, -0.05) is 42.5 Å². The Labute approximate surface area is 118 Å². The summed E-state index contributed by atoms with van der Waals surface area (Å²) in [6.45, 7) is 0.0383. The van der Waals surface area contributed by atoms with Crippen molar-refractivity contribution in [3.05, 3.63) is 33.8 Å². The van der Waals surface area contributed by atoms with Gasteiger partial charge in [0, 0.05) is 16.1 Å². The van der Waals surface area contributed by atoms with E-state index in [0.717, 1.165) is 5.56 Å². The Bertz CT molecular complexity index is 391. The molecule has 100 valence electrons. The monoisotopic (exact) mass is 287 g/mol. The molecule has 1 aromatic rings. The van der Waals surface area contributed by atoms with E-state index in [2.05, 4.69) is 5.32 Å². The summed E-state index contributed by atoms with van der Waals surface area (Å²) in [6, 6.07) is 5.73. The minimum absolute atomic E-state index is 0.0383. The Morgan fingerprint density at radius 3 is 2.61 bits per heavy atom. The largest absolute Gasteiger partial charge is 0.394 e. The Morgan fingerprint density at radius 2 is 1.94 bits per heavy atom. The van der Waals surface area contributed by atoms with Crippen molar-refractivity contribution >= 4 is 23.2 Å². The quantitative estimate of drug-likeness (QED) is 0.879. The maximum Gasteiger partial charge on any atom is 0.0627 e. The third kappa shape index (κ3) is 3.61. The van der Waals surface area contributed by atoms with Crippen molar-refractivity contribution in [1.29, 1.82) is 0 Å². The summed E-state index contributed by atoms with van der Waals surface area (Å²) in [5.41, 5.74) is 0.886. The molecule has 0 saturated heterocycles. The maximum atomic E-state index is 9.56. The van der Waals surface area contributed by atoms with E-state index in [0.29, 0.717) is 16.1 Å². The van der Waals surface area contributed by atoms with Gasteiger partial charge in [0.2, 0.25) is 0 Å². The summed E-state index contributed by atoms with van der Waals surface area (Å²) < 4.78 is 0. The molecule has 1 aromatic carbocycles. The molecule has 0 aromatic heterocycles. The normalized spacial score (nSPS) is 18.8. The number of nitrogens with one attached hydrogen (secondary N) is 1. The maximum absolute atomic E-state index is 9.56. The first-order valence-corrected chi connectivity index (χ1v) is 7.28. The average molecular weight is 288 g/mol. The van der Waals surface area contributed by atoms with Gasteiger partial charge in [0.1, 0.15) is 0 Å². The van der Waals surface area contributed by atoms with Crippen molar-refractivity contribution in [2.24, 2.45) is 0 Å². The van der Waals surface area contributed by atoms with E-state index in [9.17, 15) is 5.11 Å². The van der Waals surface area contributed by atoms with Gasteiger partial charge >= 0.3 is 0 Å². The van der Waals surface area contributed by atoms with E-state index in [1.165, 1.54) is 32.1 Å². The lowest BCUT2D eigenvalue weighted by Gasteiger charge is -2.28. The lowest BCUT2D eigenvalue weighted by molar-refractivity contribution is 0.220. The van der Waals surface area contributed by atoms with Crippen LogP contribution in [0.4, 0.5) is 0 Å². The van der Waals surface area contributed by atoms with Gasteiger partial charge in [-0.05, 0) is 36.6 Å². The second-order valence-corrected chi connectivity index (χ2v) is 5.75. The Morgan fingerprint density at radius 1 is 1.22 bits per heavy atom. The van der Waals surface area contributed by atoms with Gasteiger partial charge < -0.3 is 10.4 Å². The van der Waals surface area contributed by atoms with Crippen LogP contribution >= 0.6 is 23.2 Å². The van der Waals surface area contributed by atoms with Crippen LogP contribution in [0.25, 0.3) is 0 Å². The van der Waals surface area contributed by atoms with Gasteiger partial charge in [0.05, 0.1) is 12.6 Å². The smallest absolute Gasteiger partial charge is 0.0627 e. The SMILES string of the molecule is OCC(NC1CCCCC1)c1cc(Cl)ccc1Cl. The number of hydrogen-bond donors (Lipinski definition) is 2. The molecule has 1 saturated carbocycles. The minimum Gasteiger partial charge on any atom is -0.394 e. The highest BCUT2D eigenvalue weighted by Gasteiger charge is 2.20. The van der Waals surface area contributed by atoms with Crippen molar-refractivity contribution in [3.63, 3.8) is 0 Å². The first kappa shape index (κ1) is 14.1. The highest BCUT2D eigenvalue weighted by molar-refractivity contribution is 6.33. The molecule has 0 spiro atoms. The minimum atomic E-state index is -0.126. The average Bonchev–Trinajstić information content (AvgIpc) is 2.40. The Balaban J connectivity index is 2.09. The molecule has 1 aliphatic rings. The molecule has 2 N–H and O–H groups in total. The first-order chi connectivity index (χ1) is 8.70. The fourth-order valence-corrected chi connectivity index (χ4v) is 3.01. The summed E-state index contributed by atoms with van der Waals surface area (Å²) in [7, 11) is 0. The molecule has 2 nitrogen and oxygen atoms in total. The van der Waals surface area contributed by atoms with Crippen molar-refractivity contribution in [1.82, 2.24) is 5.32 Å². The van der Waals surface area contributed by atoms with Crippen LogP contribution in [-0.4, -0.2) is 17.8 Å². The molecule has 1 unspecified atom stereocenters. The predicted molar refractivity (Wildman–Crippen MR) is 76.3 cm³/mol. The molecule has 18 heavy (non-hydrogen) atoms. The third-order valence-electron chi connectivity index (χ3n) is 3.56. The van der Waals surface area contributed by atoms with E-state index >= 15 is 0 Å². The van der Waals surface area contributed by atoms with Gasteiger partial charge in [-0.3, -0.25) is 0 Å². The number of aliphatic hydroxyl groups excluding tert-OH is 1. The fourth-order valence-electron chi connectivity index (χ4n) is 2.58. The molecule has 4 heteroatoms. The van der Waals surface area contributed by atoms with E-state index in [1.807, 2.05) is 6.07 Å². The topological polar surface area (TPSA) is 32.3 Å². The third-order valence-corrected chi connectivity index (χ3v) is 4.14. The lowest BCUT2D eigenvalue weighted by Crippen LogP contribution is -2.36. The number of hydrogen-bond acceptors (Lipinski definition) is 2. The van der Waals surface area contributed by atoms with Crippen molar-refractivity contribution < 1.29 is 5.11 Å².